The lowest BCUT2D eigenvalue weighted by Gasteiger charge is -2.27. The molecular weight excluding hydrogens is 264 g/mol. The second-order valence-electron chi connectivity index (χ2n) is 5.05. The van der Waals surface area contributed by atoms with E-state index in [1.807, 2.05) is 6.08 Å². The molecule has 0 saturated carbocycles. The number of halogens is 1. The molecular formula is C14H27ClN2O2. The van der Waals surface area contributed by atoms with E-state index in [-0.39, 0.29) is 23.9 Å². The van der Waals surface area contributed by atoms with Gasteiger partial charge < -0.3 is 15.7 Å². The van der Waals surface area contributed by atoms with E-state index in [4.69, 9.17) is 11.6 Å². The standard InChI is InChI=1S/C14H27ClN2O2/c1-5-6-7-10(2)8-12(13(18)9-15)17-14(19)11(3)16-4/h5,10-13,16,18H,1,6-9H2,2-4H3,(H,17,19)/t10-,11?,12+,13-/m1/s1. The molecule has 0 radical (unpaired) electrons. The van der Waals surface area contributed by atoms with Gasteiger partial charge >= 0.3 is 0 Å². The highest BCUT2D eigenvalue weighted by atomic mass is 35.5. The summed E-state index contributed by atoms with van der Waals surface area (Å²) in [6.45, 7) is 7.58. The van der Waals surface area contributed by atoms with Crippen molar-refractivity contribution in [2.45, 2.75) is 51.3 Å². The molecule has 19 heavy (non-hydrogen) atoms. The maximum Gasteiger partial charge on any atom is 0.237 e. The van der Waals surface area contributed by atoms with Gasteiger partial charge in [0.25, 0.3) is 0 Å². The zero-order valence-electron chi connectivity index (χ0n) is 12.2. The second-order valence-corrected chi connectivity index (χ2v) is 5.36. The number of allylic oxidation sites excluding steroid dienone is 1. The van der Waals surface area contributed by atoms with Gasteiger partial charge in [-0.1, -0.05) is 13.0 Å². The smallest absolute Gasteiger partial charge is 0.237 e. The summed E-state index contributed by atoms with van der Waals surface area (Å²) in [5.41, 5.74) is 0. The molecule has 1 unspecified atom stereocenters. The Morgan fingerprint density at radius 2 is 2.11 bits per heavy atom. The molecule has 0 spiro atoms. The zero-order valence-corrected chi connectivity index (χ0v) is 12.9. The molecule has 0 rings (SSSR count). The summed E-state index contributed by atoms with van der Waals surface area (Å²) in [6.07, 6.45) is 3.80. The SMILES string of the molecule is C=CCC[C@@H](C)C[C@H](NC(=O)C(C)NC)[C@H](O)CCl. The molecule has 0 aliphatic heterocycles. The van der Waals surface area contributed by atoms with Crippen molar-refractivity contribution in [2.24, 2.45) is 5.92 Å². The Balaban J connectivity index is 4.46. The van der Waals surface area contributed by atoms with Crippen LogP contribution in [0.4, 0.5) is 0 Å². The van der Waals surface area contributed by atoms with Crippen molar-refractivity contribution >= 4 is 17.5 Å². The highest BCUT2D eigenvalue weighted by molar-refractivity contribution is 6.18. The molecule has 0 aliphatic rings. The number of amides is 1. The Morgan fingerprint density at radius 1 is 1.47 bits per heavy atom. The minimum atomic E-state index is -0.721. The predicted octanol–water partition coefficient (Wildman–Crippen LogP) is 1.67. The van der Waals surface area contributed by atoms with Gasteiger partial charge in [0, 0.05) is 0 Å². The number of nitrogens with one attached hydrogen (secondary N) is 2. The lowest BCUT2D eigenvalue weighted by atomic mass is 9.94. The third kappa shape index (κ3) is 7.55. The summed E-state index contributed by atoms with van der Waals surface area (Å²) in [6, 6.07) is -0.589. The van der Waals surface area contributed by atoms with Crippen molar-refractivity contribution in [3.63, 3.8) is 0 Å². The minimum Gasteiger partial charge on any atom is -0.390 e. The normalized spacial score (nSPS) is 17.3. The molecule has 5 heteroatoms. The van der Waals surface area contributed by atoms with Crippen LogP contribution in [0.2, 0.25) is 0 Å². The van der Waals surface area contributed by atoms with Gasteiger partial charge in [0.15, 0.2) is 0 Å². The number of carbonyl (C=O) groups excluding carboxylic acids is 1. The maximum absolute atomic E-state index is 11.9. The van der Waals surface area contributed by atoms with Crippen LogP contribution >= 0.6 is 11.6 Å². The van der Waals surface area contributed by atoms with Gasteiger partial charge in [-0.2, -0.15) is 0 Å². The van der Waals surface area contributed by atoms with Crippen LogP contribution in [0.3, 0.4) is 0 Å². The molecule has 4 nitrogen and oxygen atoms in total. The Hall–Kier alpha value is -0.580. The summed E-state index contributed by atoms with van der Waals surface area (Å²) in [4.78, 5) is 11.9. The molecule has 0 saturated heterocycles. The van der Waals surface area contributed by atoms with Gasteiger partial charge in [-0.25, -0.2) is 0 Å². The summed E-state index contributed by atoms with van der Waals surface area (Å²) < 4.78 is 0. The molecule has 0 aromatic heterocycles. The first-order valence-electron chi connectivity index (χ1n) is 6.78. The van der Waals surface area contributed by atoms with E-state index in [2.05, 4.69) is 24.1 Å². The molecule has 0 heterocycles. The summed E-state index contributed by atoms with van der Waals surface area (Å²) in [7, 11) is 1.73. The fourth-order valence-electron chi connectivity index (χ4n) is 1.81. The number of likely N-dealkylation sites (N-methyl/N-ethyl adjacent to an activating group) is 1. The second kappa shape index (κ2) is 10.2. The minimum absolute atomic E-state index is 0.118. The topological polar surface area (TPSA) is 61.4 Å². The third-order valence-corrected chi connectivity index (χ3v) is 3.61. The van der Waals surface area contributed by atoms with Crippen molar-refractivity contribution < 1.29 is 9.90 Å². The lowest BCUT2D eigenvalue weighted by molar-refractivity contribution is -0.124. The molecule has 0 fully saturated rings. The van der Waals surface area contributed by atoms with Gasteiger partial charge in [0.05, 0.1) is 24.1 Å². The van der Waals surface area contributed by atoms with Crippen LogP contribution < -0.4 is 10.6 Å². The van der Waals surface area contributed by atoms with E-state index in [1.165, 1.54) is 0 Å². The van der Waals surface area contributed by atoms with Gasteiger partial charge in [0.1, 0.15) is 0 Å². The maximum atomic E-state index is 11.9. The van der Waals surface area contributed by atoms with E-state index in [0.29, 0.717) is 12.3 Å². The van der Waals surface area contributed by atoms with Gasteiger partial charge in [0.2, 0.25) is 5.91 Å². The molecule has 0 bridgehead atoms. The Bertz CT molecular complexity index is 274. The van der Waals surface area contributed by atoms with E-state index < -0.39 is 6.10 Å². The summed E-state index contributed by atoms with van der Waals surface area (Å²) in [5.74, 6) is 0.395. The number of hydrogen-bond acceptors (Lipinski definition) is 3. The first-order valence-corrected chi connectivity index (χ1v) is 7.32. The first kappa shape index (κ1) is 18.4. The molecule has 112 valence electrons. The number of aliphatic hydroxyl groups excluding tert-OH is 1. The molecule has 4 atom stereocenters. The Labute approximate surface area is 121 Å². The van der Waals surface area contributed by atoms with Crippen LogP contribution in [0, 0.1) is 5.92 Å². The Kier molecular flexibility index (Phi) is 9.92. The fraction of sp³-hybridized carbons (Fsp3) is 0.786. The molecule has 1 amide bonds. The zero-order chi connectivity index (χ0) is 14.8. The molecule has 0 aromatic carbocycles. The molecule has 0 aliphatic carbocycles. The van der Waals surface area contributed by atoms with Crippen molar-refractivity contribution in [3.05, 3.63) is 12.7 Å². The van der Waals surface area contributed by atoms with Crippen LogP contribution in [0.1, 0.15) is 33.1 Å². The first-order chi connectivity index (χ1) is 8.96. The average Bonchev–Trinajstić information content (AvgIpc) is 2.42. The number of hydrogen-bond donors (Lipinski definition) is 3. The number of aliphatic hydroxyl groups is 1. The van der Waals surface area contributed by atoms with Crippen LogP contribution in [-0.4, -0.2) is 42.1 Å². The number of carbonyl (C=O) groups is 1. The van der Waals surface area contributed by atoms with Crippen molar-refractivity contribution in [1.82, 2.24) is 10.6 Å². The van der Waals surface area contributed by atoms with Crippen LogP contribution in [0.5, 0.6) is 0 Å². The van der Waals surface area contributed by atoms with Gasteiger partial charge in [-0.3, -0.25) is 4.79 Å². The van der Waals surface area contributed by atoms with Crippen LogP contribution in [0.25, 0.3) is 0 Å². The van der Waals surface area contributed by atoms with Crippen LogP contribution in [0.15, 0.2) is 12.7 Å². The highest BCUT2D eigenvalue weighted by Crippen LogP contribution is 2.16. The summed E-state index contributed by atoms with van der Waals surface area (Å²) in [5, 5.41) is 15.6. The van der Waals surface area contributed by atoms with E-state index >= 15 is 0 Å². The highest BCUT2D eigenvalue weighted by Gasteiger charge is 2.24. The largest absolute Gasteiger partial charge is 0.390 e. The third-order valence-electron chi connectivity index (χ3n) is 3.30. The van der Waals surface area contributed by atoms with E-state index in [9.17, 15) is 9.90 Å². The summed E-state index contributed by atoms with van der Waals surface area (Å²) >= 11 is 5.70. The van der Waals surface area contributed by atoms with Crippen molar-refractivity contribution in [3.8, 4) is 0 Å². The monoisotopic (exact) mass is 290 g/mol. The fourth-order valence-corrected chi connectivity index (χ4v) is 2.03. The Morgan fingerprint density at radius 3 is 2.58 bits per heavy atom. The quantitative estimate of drug-likeness (QED) is 0.424. The van der Waals surface area contributed by atoms with E-state index in [0.717, 1.165) is 12.8 Å². The van der Waals surface area contributed by atoms with Gasteiger partial charge in [-0.05, 0) is 39.2 Å². The van der Waals surface area contributed by atoms with E-state index in [1.54, 1.807) is 14.0 Å². The molecule has 3 N–H and O–H groups in total. The number of rotatable bonds is 10. The lowest BCUT2D eigenvalue weighted by Crippen LogP contribution is -2.50. The van der Waals surface area contributed by atoms with Crippen LogP contribution in [-0.2, 0) is 4.79 Å². The van der Waals surface area contributed by atoms with Gasteiger partial charge in [-0.15, -0.1) is 18.2 Å². The predicted molar refractivity (Wildman–Crippen MR) is 80.4 cm³/mol. The van der Waals surface area contributed by atoms with Crippen molar-refractivity contribution in [2.75, 3.05) is 12.9 Å². The average molecular weight is 291 g/mol. The van der Waals surface area contributed by atoms with Crippen molar-refractivity contribution in [1.29, 1.82) is 0 Å². The number of alkyl halides is 1. The molecule has 0 aromatic rings.